The van der Waals surface area contributed by atoms with Gasteiger partial charge in [-0.3, -0.25) is 10.1 Å². The number of nitro benzene ring substituents is 1. The second-order valence-corrected chi connectivity index (χ2v) is 4.38. The third-order valence-electron chi connectivity index (χ3n) is 2.90. The molecule has 0 unspecified atom stereocenters. The van der Waals surface area contributed by atoms with Gasteiger partial charge in [0, 0.05) is 17.8 Å². The summed E-state index contributed by atoms with van der Waals surface area (Å²) < 4.78 is 13.2. The van der Waals surface area contributed by atoms with Crippen molar-refractivity contribution in [2.45, 2.75) is 6.92 Å². The fraction of sp³-hybridized carbons (Fsp3) is 0.0714. The van der Waals surface area contributed by atoms with E-state index in [4.69, 9.17) is 5.11 Å². The minimum Gasteiger partial charge on any atom is -0.478 e. The van der Waals surface area contributed by atoms with E-state index in [2.05, 4.69) is 5.32 Å². The van der Waals surface area contributed by atoms with Gasteiger partial charge in [-0.2, -0.15) is 0 Å². The van der Waals surface area contributed by atoms with Crippen LogP contribution >= 0.6 is 0 Å². The molecule has 0 aliphatic rings. The molecular formula is C14H11FN2O4. The van der Waals surface area contributed by atoms with Crippen LogP contribution in [0.15, 0.2) is 36.4 Å². The molecule has 108 valence electrons. The number of carboxylic acids is 1. The molecule has 0 fully saturated rings. The zero-order chi connectivity index (χ0) is 15.6. The topological polar surface area (TPSA) is 92.5 Å². The summed E-state index contributed by atoms with van der Waals surface area (Å²) in [6.07, 6.45) is 0. The molecule has 2 aromatic carbocycles. The van der Waals surface area contributed by atoms with E-state index in [1.807, 2.05) is 0 Å². The van der Waals surface area contributed by atoms with E-state index in [9.17, 15) is 19.3 Å². The maximum Gasteiger partial charge on any atom is 0.336 e. The SMILES string of the molecule is Cc1ccc(Nc2cc(F)ccc2[N+](=O)[O-])cc1C(=O)O. The molecule has 21 heavy (non-hydrogen) atoms. The van der Waals surface area contributed by atoms with Crippen LogP contribution in [0.3, 0.4) is 0 Å². The molecule has 0 aliphatic carbocycles. The van der Waals surface area contributed by atoms with Gasteiger partial charge in [0.25, 0.3) is 5.69 Å². The summed E-state index contributed by atoms with van der Waals surface area (Å²) in [4.78, 5) is 21.3. The first-order valence-electron chi connectivity index (χ1n) is 5.93. The van der Waals surface area contributed by atoms with E-state index in [1.165, 1.54) is 6.07 Å². The Hall–Kier alpha value is -2.96. The van der Waals surface area contributed by atoms with Crippen molar-refractivity contribution in [2.75, 3.05) is 5.32 Å². The first kappa shape index (κ1) is 14.4. The number of carboxylic acid groups (broad SMARTS) is 1. The molecule has 0 atom stereocenters. The highest BCUT2D eigenvalue weighted by Crippen LogP contribution is 2.29. The Balaban J connectivity index is 2.43. The van der Waals surface area contributed by atoms with Crippen LogP contribution < -0.4 is 5.32 Å². The van der Waals surface area contributed by atoms with Crippen LogP contribution in [0.25, 0.3) is 0 Å². The van der Waals surface area contributed by atoms with Crippen LogP contribution in [0.5, 0.6) is 0 Å². The molecule has 7 heteroatoms. The lowest BCUT2D eigenvalue weighted by molar-refractivity contribution is -0.384. The second kappa shape index (κ2) is 5.58. The maximum absolute atomic E-state index is 13.2. The highest BCUT2D eigenvalue weighted by Gasteiger charge is 2.15. The predicted molar refractivity (Wildman–Crippen MR) is 74.5 cm³/mol. The summed E-state index contributed by atoms with van der Waals surface area (Å²) in [5.41, 5.74) is 0.613. The van der Waals surface area contributed by atoms with Crippen molar-refractivity contribution in [3.8, 4) is 0 Å². The minimum atomic E-state index is -1.11. The highest BCUT2D eigenvalue weighted by atomic mass is 19.1. The number of aryl methyl sites for hydroxylation is 1. The summed E-state index contributed by atoms with van der Waals surface area (Å²) in [5.74, 6) is -1.74. The average Bonchev–Trinajstić information content (AvgIpc) is 2.40. The van der Waals surface area contributed by atoms with Crippen molar-refractivity contribution in [2.24, 2.45) is 0 Å². The molecule has 0 amide bonds. The Labute approximate surface area is 119 Å². The maximum atomic E-state index is 13.2. The fourth-order valence-electron chi connectivity index (χ4n) is 1.85. The molecule has 0 bridgehead atoms. The van der Waals surface area contributed by atoms with Gasteiger partial charge in [-0.05, 0) is 30.7 Å². The van der Waals surface area contributed by atoms with Gasteiger partial charge in [-0.1, -0.05) is 6.07 Å². The molecule has 0 aromatic heterocycles. The first-order chi connectivity index (χ1) is 9.88. The number of nitrogens with one attached hydrogen (secondary N) is 1. The number of aromatic carboxylic acids is 1. The first-order valence-corrected chi connectivity index (χ1v) is 5.93. The summed E-state index contributed by atoms with van der Waals surface area (Å²) in [6, 6.07) is 7.49. The summed E-state index contributed by atoms with van der Waals surface area (Å²) in [6.45, 7) is 1.64. The molecule has 0 saturated heterocycles. The number of carbonyl (C=O) groups is 1. The lowest BCUT2D eigenvalue weighted by atomic mass is 10.1. The molecule has 0 spiro atoms. The van der Waals surface area contributed by atoms with Crippen LogP contribution in [-0.2, 0) is 0 Å². The highest BCUT2D eigenvalue weighted by molar-refractivity contribution is 5.91. The van der Waals surface area contributed by atoms with Crippen molar-refractivity contribution in [3.63, 3.8) is 0 Å². The van der Waals surface area contributed by atoms with Gasteiger partial charge in [0.1, 0.15) is 11.5 Å². The Bertz CT molecular complexity index is 731. The smallest absolute Gasteiger partial charge is 0.336 e. The molecule has 0 radical (unpaired) electrons. The zero-order valence-corrected chi connectivity index (χ0v) is 11.0. The Kier molecular flexibility index (Phi) is 3.84. The number of nitro groups is 1. The average molecular weight is 290 g/mol. The van der Waals surface area contributed by atoms with E-state index in [0.29, 0.717) is 11.3 Å². The quantitative estimate of drug-likeness (QED) is 0.664. The van der Waals surface area contributed by atoms with Crippen LogP contribution in [0, 0.1) is 22.9 Å². The summed E-state index contributed by atoms with van der Waals surface area (Å²) in [7, 11) is 0. The molecule has 2 aromatic rings. The predicted octanol–water partition coefficient (Wildman–Crippen LogP) is 3.48. The molecule has 2 rings (SSSR count). The van der Waals surface area contributed by atoms with E-state index >= 15 is 0 Å². The number of anilines is 2. The Morgan fingerprint density at radius 1 is 1.29 bits per heavy atom. The molecule has 2 N–H and O–H groups in total. The molecular weight excluding hydrogens is 279 g/mol. The zero-order valence-electron chi connectivity index (χ0n) is 11.0. The lowest BCUT2D eigenvalue weighted by Gasteiger charge is -2.09. The van der Waals surface area contributed by atoms with Crippen LogP contribution in [0.4, 0.5) is 21.5 Å². The van der Waals surface area contributed by atoms with E-state index in [-0.39, 0.29) is 16.9 Å². The summed E-state index contributed by atoms with van der Waals surface area (Å²) >= 11 is 0. The van der Waals surface area contributed by atoms with E-state index in [0.717, 1.165) is 18.2 Å². The molecule has 0 aliphatic heterocycles. The lowest BCUT2D eigenvalue weighted by Crippen LogP contribution is -2.02. The number of halogens is 1. The van der Waals surface area contributed by atoms with Crippen molar-refractivity contribution < 1.29 is 19.2 Å². The number of hydrogen-bond acceptors (Lipinski definition) is 4. The van der Waals surface area contributed by atoms with Crippen LogP contribution in [-0.4, -0.2) is 16.0 Å². The number of nitrogens with zero attached hydrogens (tertiary/aromatic N) is 1. The van der Waals surface area contributed by atoms with Crippen molar-refractivity contribution in [1.82, 2.24) is 0 Å². The van der Waals surface area contributed by atoms with Crippen molar-refractivity contribution in [1.29, 1.82) is 0 Å². The van der Waals surface area contributed by atoms with Gasteiger partial charge in [0.05, 0.1) is 10.5 Å². The molecule has 6 nitrogen and oxygen atoms in total. The summed E-state index contributed by atoms with van der Waals surface area (Å²) in [5, 5.41) is 22.6. The van der Waals surface area contributed by atoms with Gasteiger partial charge < -0.3 is 10.4 Å². The van der Waals surface area contributed by atoms with Gasteiger partial charge in [0.15, 0.2) is 0 Å². The third kappa shape index (κ3) is 3.14. The standard InChI is InChI=1S/C14H11FN2O4/c1-8-2-4-10(7-11(8)14(18)19)16-12-6-9(15)3-5-13(12)17(20)21/h2-7,16H,1H3,(H,18,19). The van der Waals surface area contributed by atoms with Gasteiger partial charge >= 0.3 is 5.97 Å². The third-order valence-corrected chi connectivity index (χ3v) is 2.90. The largest absolute Gasteiger partial charge is 0.478 e. The number of rotatable bonds is 4. The number of benzene rings is 2. The second-order valence-electron chi connectivity index (χ2n) is 4.38. The van der Waals surface area contributed by atoms with Crippen LogP contribution in [0.2, 0.25) is 0 Å². The van der Waals surface area contributed by atoms with Crippen molar-refractivity contribution in [3.05, 3.63) is 63.5 Å². The minimum absolute atomic E-state index is 0.0415. The van der Waals surface area contributed by atoms with Crippen molar-refractivity contribution >= 4 is 23.0 Å². The van der Waals surface area contributed by atoms with Gasteiger partial charge in [-0.25, -0.2) is 9.18 Å². The van der Waals surface area contributed by atoms with Crippen LogP contribution in [0.1, 0.15) is 15.9 Å². The van der Waals surface area contributed by atoms with E-state index < -0.39 is 16.7 Å². The molecule has 0 saturated carbocycles. The fourth-order valence-corrected chi connectivity index (χ4v) is 1.85. The monoisotopic (exact) mass is 290 g/mol. The van der Waals surface area contributed by atoms with Gasteiger partial charge in [0.2, 0.25) is 0 Å². The van der Waals surface area contributed by atoms with Gasteiger partial charge in [-0.15, -0.1) is 0 Å². The number of hydrogen-bond donors (Lipinski definition) is 2. The molecule has 0 heterocycles. The normalized spacial score (nSPS) is 10.2. The Morgan fingerprint density at radius 2 is 2.00 bits per heavy atom. The Morgan fingerprint density at radius 3 is 2.62 bits per heavy atom. The van der Waals surface area contributed by atoms with E-state index in [1.54, 1.807) is 19.1 Å².